The van der Waals surface area contributed by atoms with Gasteiger partial charge in [-0.05, 0) is 84.8 Å². The number of allylic oxidation sites excluding steroid dienone is 1. The van der Waals surface area contributed by atoms with Crippen molar-refractivity contribution in [1.82, 2.24) is 33.2 Å². The molecule has 6 heterocycles. The Balaban J connectivity index is 1.18. The summed E-state index contributed by atoms with van der Waals surface area (Å²) < 4.78 is 45.2. The van der Waals surface area contributed by atoms with Crippen LogP contribution in [0.25, 0.3) is 33.8 Å². The average Bonchev–Trinajstić information content (AvgIpc) is 3.97. The van der Waals surface area contributed by atoms with Crippen LogP contribution in [0.4, 0.5) is 0 Å². The number of aromatic nitrogens is 3. The molecule has 2 bridgehead atoms. The molecule has 0 radical (unpaired) electrons. The maximum absolute atomic E-state index is 14.5. The Morgan fingerprint density at radius 2 is 1.80 bits per heavy atom. The summed E-state index contributed by atoms with van der Waals surface area (Å²) in [4.78, 5) is 32.7. The topological polar surface area (TPSA) is 131 Å². The number of ether oxygens (including phenoxy) is 2. The molecular formula is C41H49N7O6S. The number of benzene rings is 2. The van der Waals surface area contributed by atoms with Gasteiger partial charge in [-0.15, -0.1) is 0 Å². The van der Waals surface area contributed by atoms with Gasteiger partial charge in [-0.2, -0.15) is 17.8 Å². The molecule has 290 valence electrons. The number of aryl methyl sites for hydroxylation is 1. The molecule has 9 rings (SSSR count). The predicted octanol–water partition coefficient (Wildman–Crippen LogP) is 4.88. The number of hydrogen-bond donors (Lipinski definition) is 1. The molecule has 13 nitrogen and oxygen atoms in total. The highest BCUT2D eigenvalue weighted by Gasteiger charge is 2.45. The SMILES string of the molecule is CCN1C[C@@H]2C[C@H]1CN2C(=O)c1cnn(C)c1C1=Cc2cc(OC)ccc2-c2c(C3CCCCC3)c3ccc(C(=O)NS(=O)(=O)N4CCOCC4)cc3n2C1. The van der Waals surface area contributed by atoms with Gasteiger partial charge in [-0.3, -0.25) is 19.2 Å². The van der Waals surface area contributed by atoms with E-state index in [1.54, 1.807) is 24.1 Å². The molecule has 1 N–H and O–H groups in total. The van der Waals surface area contributed by atoms with Crippen molar-refractivity contribution < 1.29 is 27.5 Å². The van der Waals surface area contributed by atoms with Crippen LogP contribution in [0.2, 0.25) is 0 Å². The monoisotopic (exact) mass is 767 g/mol. The van der Waals surface area contributed by atoms with E-state index >= 15 is 0 Å². The van der Waals surface area contributed by atoms with Gasteiger partial charge in [0.25, 0.3) is 11.8 Å². The van der Waals surface area contributed by atoms with Gasteiger partial charge in [0, 0.05) is 67.3 Å². The second-order valence-electron chi connectivity index (χ2n) is 15.6. The summed E-state index contributed by atoms with van der Waals surface area (Å²) in [5, 5.41) is 5.72. The smallest absolute Gasteiger partial charge is 0.304 e. The lowest BCUT2D eigenvalue weighted by atomic mass is 9.81. The highest BCUT2D eigenvalue weighted by molar-refractivity contribution is 7.87. The zero-order chi connectivity index (χ0) is 38.0. The number of rotatable bonds is 8. The van der Waals surface area contributed by atoms with Gasteiger partial charge in [0.2, 0.25) is 0 Å². The van der Waals surface area contributed by atoms with Crippen LogP contribution in [0.5, 0.6) is 5.75 Å². The summed E-state index contributed by atoms with van der Waals surface area (Å²) in [5.41, 5.74) is 7.69. The number of amides is 2. The van der Waals surface area contributed by atoms with Crippen LogP contribution < -0.4 is 9.46 Å². The summed E-state index contributed by atoms with van der Waals surface area (Å²) >= 11 is 0. The van der Waals surface area contributed by atoms with E-state index in [1.165, 1.54) is 16.3 Å². The van der Waals surface area contributed by atoms with Crippen LogP contribution in [0.3, 0.4) is 0 Å². The van der Waals surface area contributed by atoms with E-state index in [4.69, 9.17) is 9.47 Å². The minimum absolute atomic E-state index is 0.00304. The van der Waals surface area contributed by atoms with Crippen LogP contribution in [-0.4, -0.2) is 114 Å². The van der Waals surface area contributed by atoms with Gasteiger partial charge in [-0.25, -0.2) is 4.72 Å². The number of morpholine rings is 1. The number of carbonyl (C=O) groups is 2. The van der Waals surface area contributed by atoms with Crippen molar-refractivity contribution in [3.63, 3.8) is 0 Å². The number of nitrogens with zero attached hydrogens (tertiary/aromatic N) is 6. The standard InChI is InChI=1S/C41H49N7O6S/c1-4-45-24-31-21-30(45)25-47(31)41(50)35-22-42-44(2)38(35)29-18-28-19-32(53-3)11-13-33(28)39-37(26-8-6-5-7-9-26)34-12-10-27(20-36(34)48(39)23-29)40(49)43-55(51,52)46-14-16-54-17-15-46/h10-13,18-20,22,26,30-31H,4-9,14-17,21,23-25H2,1-3H3,(H,43,49)/t30-,31-/m0/s1. The van der Waals surface area contributed by atoms with Crippen molar-refractivity contribution in [2.45, 2.75) is 70.0 Å². The molecule has 4 aromatic rings. The van der Waals surface area contributed by atoms with Crippen molar-refractivity contribution in [3.8, 4) is 17.0 Å². The Kier molecular flexibility index (Phi) is 9.35. The van der Waals surface area contributed by atoms with E-state index in [9.17, 15) is 18.0 Å². The van der Waals surface area contributed by atoms with E-state index < -0.39 is 16.1 Å². The van der Waals surface area contributed by atoms with Crippen LogP contribution in [0, 0.1) is 0 Å². The molecule has 2 aromatic heterocycles. The van der Waals surface area contributed by atoms with E-state index in [0.717, 1.165) is 89.9 Å². The molecule has 14 heteroatoms. The van der Waals surface area contributed by atoms with Gasteiger partial charge in [0.05, 0.1) is 50.0 Å². The first kappa shape index (κ1) is 36.2. The number of carbonyl (C=O) groups excluding carboxylic acids is 2. The summed E-state index contributed by atoms with van der Waals surface area (Å²) in [7, 11) is -0.504. The van der Waals surface area contributed by atoms with Gasteiger partial charge >= 0.3 is 10.2 Å². The number of likely N-dealkylation sites (N-methyl/N-ethyl adjacent to an activating group) is 1. The lowest BCUT2D eigenvalue weighted by Gasteiger charge is -2.33. The Hall–Kier alpha value is -4.50. The molecule has 2 aromatic carbocycles. The Morgan fingerprint density at radius 1 is 1.00 bits per heavy atom. The number of hydrogen-bond acceptors (Lipinski definition) is 8. The van der Waals surface area contributed by atoms with Gasteiger partial charge in [0.15, 0.2) is 0 Å². The first-order valence-electron chi connectivity index (χ1n) is 19.7. The van der Waals surface area contributed by atoms with E-state index in [0.29, 0.717) is 30.6 Å². The third-order valence-electron chi connectivity index (χ3n) is 12.6. The predicted molar refractivity (Wildman–Crippen MR) is 210 cm³/mol. The lowest BCUT2D eigenvalue weighted by Crippen LogP contribution is -2.48. The first-order valence-corrected chi connectivity index (χ1v) is 21.1. The second kappa shape index (κ2) is 14.2. The molecule has 0 unspecified atom stereocenters. The number of likely N-dealkylation sites (tertiary alicyclic amines) is 2. The Morgan fingerprint density at radius 3 is 2.53 bits per heavy atom. The minimum atomic E-state index is -4.06. The van der Waals surface area contributed by atoms with E-state index in [1.807, 2.05) is 30.1 Å². The number of methoxy groups -OCH3 is 1. The van der Waals surface area contributed by atoms with Gasteiger partial charge in [0.1, 0.15) is 5.75 Å². The summed E-state index contributed by atoms with van der Waals surface area (Å²) in [6, 6.07) is 12.3. The van der Waals surface area contributed by atoms with Crippen molar-refractivity contribution in [2.75, 3.05) is 53.0 Å². The molecule has 2 atom stereocenters. The third kappa shape index (κ3) is 6.27. The van der Waals surface area contributed by atoms with Crippen LogP contribution in [0.15, 0.2) is 42.6 Å². The van der Waals surface area contributed by atoms with Crippen LogP contribution in [0.1, 0.15) is 88.9 Å². The zero-order valence-corrected chi connectivity index (χ0v) is 32.6. The molecule has 4 fully saturated rings. The fourth-order valence-corrected chi connectivity index (χ4v) is 11.0. The normalized spacial score (nSPS) is 22.0. The quantitative estimate of drug-likeness (QED) is 0.269. The molecule has 5 aliphatic rings. The number of piperazine rings is 1. The molecule has 3 saturated heterocycles. The van der Waals surface area contributed by atoms with E-state index in [2.05, 4.69) is 44.4 Å². The van der Waals surface area contributed by atoms with Gasteiger partial charge < -0.3 is 18.9 Å². The molecular weight excluding hydrogens is 719 g/mol. The summed E-state index contributed by atoms with van der Waals surface area (Å²) in [6.07, 6.45) is 10.5. The first-order chi connectivity index (χ1) is 26.6. The van der Waals surface area contributed by atoms with Crippen molar-refractivity contribution in [1.29, 1.82) is 0 Å². The Bertz CT molecular complexity index is 2320. The Labute approximate surface area is 322 Å². The fourth-order valence-electron chi connectivity index (χ4n) is 9.87. The largest absolute Gasteiger partial charge is 0.497 e. The summed E-state index contributed by atoms with van der Waals surface area (Å²) in [5.74, 6) is 0.364. The molecule has 1 aliphatic carbocycles. The van der Waals surface area contributed by atoms with Crippen molar-refractivity contribution in [3.05, 3.63) is 70.5 Å². The molecule has 0 spiro atoms. The van der Waals surface area contributed by atoms with Crippen molar-refractivity contribution >= 4 is 44.6 Å². The number of fused-ring (bicyclic) bond motifs is 7. The fraction of sp³-hybridized carbons (Fsp3) is 0.488. The third-order valence-corrected chi connectivity index (χ3v) is 14.1. The zero-order valence-electron chi connectivity index (χ0n) is 31.8. The molecule has 4 aliphatic heterocycles. The maximum Gasteiger partial charge on any atom is 0.304 e. The van der Waals surface area contributed by atoms with Crippen molar-refractivity contribution in [2.24, 2.45) is 7.05 Å². The van der Waals surface area contributed by atoms with E-state index in [-0.39, 0.29) is 43.8 Å². The minimum Gasteiger partial charge on any atom is -0.497 e. The lowest BCUT2D eigenvalue weighted by molar-refractivity contribution is 0.0630. The average molecular weight is 768 g/mol. The van der Waals surface area contributed by atoms with Crippen LogP contribution >= 0.6 is 0 Å². The molecule has 2 amide bonds. The van der Waals surface area contributed by atoms with Crippen LogP contribution in [-0.2, 0) is 28.5 Å². The molecule has 1 saturated carbocycles. The summed E-state index contributed by atoms with van der Waals surface area (Å²) in [6.45, 7) is 6.12. The number of nitrogens with one attached hydrogen (secondary N) is 1. The maximum atomic E-state index is 14.5. The molecule has 55 heavy (non-hydrogen) atoms. The second-order valence-corrected chi connectivity index (χ2v) is 17.3. The van der Waals surface area contributed by atoms with Gasteiger partial charge in [-0.1, -0.05) is 32.3 Å². The highest BCUT2D eigenvalue weighted by Crippen LogP contribution is 2.48. The highest BCUT2D eigenvalue weighted by atomic mass is 32.2.